The van der Waals surface area contributed by atoms with Gasteiger partial charge in [0.25, 0.3) is 0 Å². The molecule has 188 valence electrons. The van der Waals surface area contributed by atoms with E-state index in [1.807, 2.05) is 41.3 Å². The summed E-state index contributed by atoms with van der Waals surface area (Å²) in [6.45, 7) is 3.25. The minimum Gasteiger partial charge on any atom is -0.478 e. The van der Waals surface area contributed by atoms with Crippen molar-refractivity contribution in [2.45, 2.75) is 38.6 Å². The minimum absolute atomic E-state index is 0.0833. The first-order valence-corrected chi connectivity index (χ1v) is 12.9. The molecule has 37 heavy (non-hydrogen) atoms. The maximum atomic E-state index is 13.4. The number of carbonyl (C=O) groups excluding carboxylic acids is 1. The fraction of sp³-hybridized carbons (Fsp3) is 0.212. The van der Waals surface area contributed by atoms with Crippen LogP contribution in [-0.2, 0) is 11.3 Å². The van der Waals surface area contributed by atoms with Gasteiger partial charge in [-0.3, -0.25) is 4.79 Å². The maximum absolute atomic E-state index is 13.4. The van der Waals surface area contributed by atoms with Crippen LogP contribution in [-0.4, -0.2) is 28.4 Å². The summed E-state index contributed by atoms with van der Waals surface area (Å²) in [6, 6.07) is 35.9. The lowest BCUT2D eigenvalue weighted by molar-refractivity contribution is -0.132. The molecule has 0 fully saturated rings. The van der Waals surface area contributed by atoms with E-state index in [-0.39, 0.29) is 17.4 Å². The predicted molar refractivity (Wildman–Crippen MR) is 149 cm³/mol. The second kappa shape index (κ2) is 12.7. The molecule has 0 saturated carbocycles. The van der Waals surface area contributed by atoms with Gasteiger partial charge in [0.15, 0.2) is 0 Å². The van der Waals surface area contributed by atoms with Crippen molar-refractivity contribution in [3.63, 3.8) is 0 Å². The van der Waals surface area contributed by atoms with Crippen molar-refractivity contribution in [1.82, 2.24) is 4.90 Å². The Morgan fingerprint density at radius 2 is 1.24 bits per heavy atom. The smallest absolute Gasteiger partial charge is 0.335 e. The highest BCUT2D eigenvalue weighted by atomic mass is 16.4. The topological polar surface area (TPSA) is 57.6 Å². The number of nitrogens with zero attached hydrogens (tertiary/aromatic N) is 1. The quantitative estimate of drug-likeness (QED) is 0.238. The molecule has 4 aromatic carbocycles. The number of carboxylic acid groups (broad SMARTS) is 1. The number of amides is 1. The van der Waals surface area contributed by atoms with Gasteiger partial charge >= 0.3 is 5.97 Å². The van der Waals surface area contributed by atoms with E-state index in [4.69, 9.17) is 5.11 Å². The van der Waals surface area contributed by atoms with Gasteiger partial charge in [-0.1, -0.05) is 110 Å². The van der Waals surface area contributed by atoms with E-state index in [9.17, 15) is 9.59 Å². The summed E-state index contributed by atoms with van der Waals surface area (Å²) >= 11 is 0. The van der Waals surface area contributed by atoms with E-state index in [1.54, 1.807) is 12.1 Å². The number of rotatable bonds is 11. The van der Waals surface area contributed by atoms with Crippen molar-refractivity contribution in [2.24, 2.45) is 0 Å². The summed E-state index contributed by atoms with van der Waals surface area (Å²) in [5.41, 5.74) is 5.70. The van der Waals surface area contributed by atoms with E-state index >= 15 is 0 Å². The van der Waals surface area contributed by atoms with Crippen molar-refractivity contribution < 1.29 is 14.7 Å². The van der Waals surface area contributed by atoms with Crippen molar-refractivity contribution in [2.75, 3.05) is 6.54 Å². The van der Waals surface area contributed by atoms with E-state index in [2.05, 4.69) is 67.6 Å². The number of hydrogen-bond acceptors (Lipinski definition) is 2. The molecule has 0 atom stereocenters. The molecule has 0 bridgehead atoms. The molecule has 4 rings (SSSR count). The minimum atomic E-state index is -0.931. The Kier molecular flexibility index (Phi) is 8.88. The van der Waals surface area contributed by atoms with Gasteiger partial charge in [-0.05, 0) is 46.4 Å². The third kappa shape index (κ3) is 6.95. The molecule has 1 amide bonds. The fourth-order valence-electron chi connectivity index (χ4n) is 4.56. The Morgan fingerprint density at radius 1 is 0.730 bits per heavy atom. The molecule has 0 aliphatic heterocycles. The van der Waals surface area contributed by atoms with Gasteiger partial charge < -0.3 is 10.0 Å². The van der Waals surface area contributed by atoms with Crippen LogP contribution in [0.5, 0.6) is 0 Å². The molecular weight excluding hydrogens is 458 g/mol. The number of carboxylic acids is 1. The SMILES string of the molecule is CCCCC(=O)N(Cc1ccc(-c2ccc(C(=O)O)cc2)cc1)CC(c1ccccc1)c1ccccc1. The molecule has 4 aromatic rings. The number of carbonyl (C=O) groups is 2. The lowest BCUT2D eigenvalue weighted by Crippen LogP contribution is -2.34. The highest BCUT2D eigenvalue weighted by Gasteiger charge is 2.22. The van der Waals surface area contributed by atoms with Crippen molar-refractivity contribution in [3.05, 3.63) is 131 Å². The van der Waals surface area contributed by atoms with Gasteiger partial charge in [0.05, 0.1) is 5.56 Å². The largest absolute Gasteiger partial charge is 0.478 e. The molecule has 0 aliphatic carbocycles. The van der Waals surface area contributed by atoms with Crippen LogP contribution in [0.25, 0.3) is 11.1 Å². The Bertz CT molecular complexity index is 1240. The molecule has 1 N–H and O–H groups in total. The van der Waals surface area contributed by atoms with Crippen LogP contribution in [0.3, 0.4) is 0 Å². The zero-order valence-corrected chi connectivity index (χ0v) is 21.2. The molecule has 4 heteroatoms. The Labute approximate surface area is 219 Å². The van der Waals surface area contributed by atoms with Gasteiger partial charge in [-0.15, -0.1) is 0 Å². The highest BCUT2D eigenvalue weighted by molar-refractivity contribution is 5.88. The Morgan fingerprint density at radius 3 is 1.73 bits per heavy atom. The molecule has 0 heterocycles. The summed E-state index contributed by atoms with van der Waals surface area (Å²) in [6.07, 6.45) is 2.40. The summed E-state index contributed by atoms with van der Waals surface area (Å²) in [7, 11) is 0. The Hall–Kier alpha value is -4.18. The molecule has 0 saturated heterocycles. The Balaban J connectivity index is 1.57. The zero-order chi connectivity index (χ0) is 26.0. The van der Waals surface area contributed by atoms with Crippen LogP contribution in [0.1, 0.15) is 59.2 Å². The molecule has 0 unspecified atom stereocenters. The van der Waals surface area contributed by atoms with Gasteiger partial charge in [-0.25, -0.2) is 4.79 Å². The average Bonchev–Trinajstić information content (AvgIpc) is 2.95. The number of unbranched alkanes of at least 4 members (excludes halogenated alkanes) is 1. The first-order chi connectivity index (χ1) is 18.0. The molecule has 0 radical (unpaired) electrons. The second-order valence-electron chi connectivity index (χ2n) is 9.33. The van der Waals surface area contributed by atoms with Crippen LogP contribution in [0.15, 0.2) is 109 Å². The summed E-state index contributed by atoms with van der Waals surface area (Å²) < 4.78 is 0. The normalized spacial score (nSPS) is 10.9. The van der Waals surface area contributed by atoms with E-state index in [0.717, 1.165) is 29.5 Å². The van der Waals surface area contributed by atoms with Crippen LogP contribution in [0.4, 0.5) is 0 Å². The molecular formula is C33H33NO3. The van der Waals surface area contributed by atoms with Crippen molar-refractivity contribution >= 4 is 11.9 Å². The van der Waals surface area contributed by atoms with E-state index in [1.165, 1.54) is 11.1 Å². The first kappa shape index (κ1) is 25.9. The van der Waals surface area contributed by atoms with Crippen LogP contribution in [0, 0.1) is 0 Å². The number of benzene rings is 4. The standard InChI is InChI=1S/C33H33NO3/c1-2-3-14-32(35)34(24-31(28-10-6-4-7-11-28)29-12-8-5-9-13-29)23-25-15-17-26(18-16-25)27-19-21-30(22-20-27)33(36)37/h4-13,15-22,31H,2-3,14,23-24H2,1H3,(H,36,37). The fourth-order valence-corrected chi connectivity index (χ4v) is 4.56. The summed E-state index contributed by atoms with van der Waals surface area (Å²) in [5.74, 6) is -0.675. The average molecular weight is 492 g/mol. The van der Waals surface area contributed by atoms with Crippen LogP contribution in [0.2, 0.25) is 0 Å². The van der Waals surface area contributed by atoms with E-state index < -0.39 is 5.97 Å². The second-order valence-corrected chi connectivity index (χ2v) is 9.33. The molecule has 0 aromatic heterocycles. The maximum Gasteiger partial charge on any atom is 0.335 e. The molecule has 0 spiro atoms. The van der Waals surface area contributed by atoms with E-state index in [0.29, 0.717) is 19.5 Å². The van der Waals surface area contributed by atoms with Gasteiger partial charge in [0, 0.05) is 25.4 Å². The molecule has 0 aliphatic rings. The van der Waals surface area contributed by atoms with Crippen molar-refractivity contribution in [1.29, 1.82) is 0 Å². The zero-order valence-electron chi connectivity index (χ0n) is 21.2. The van der Waals surface area contributed by atoms with Crippen LogP contribution < -0.4 is 0 Å². The third-order valence-corrected chi connectivity index (χ3v) is 6.70. The highest BCUT2D eigenvalue weighted by Crippen LogP contribution is 2.27. The summed E-state index contributed by atoms with van der Waals surface area (Å²) in [4.78, 5) is 26.5. The number of hydrogen-bond donors (Lipinski definition) is 1. The lowest BCUT2D eigenvalue weighted by atomic mass is 9.90. The van der Waals surface area contributed by atoms with Crippen LogP contribution >= 0.6 is 0 Å². The van der Waals surface area contributed by atoms with Gasteiger partial charge in [0.2, 0.25) is 5.91 Å². The predicted octanol–water partition coefficient (Wildman–Crippen LogP) is 7.40. The lowest BCUT2D eigenvalue weighted by Gasteiger charge is -2.29. The summed E-state index contributed by atoms with van der Waals surface area (Å²) in [5, 5.41) is 9.14. The molecule has 4 nitrogen and oxygen atoms in total. The van der Waals surface area contributed by atoms with Gasteiger partial charge in [0.1, 0.15) is 0 Å². The van der Waals surface area contributed by atoms with Crippen molar-refractivity contribution in [3.8, 4) is 11.1 Å². The monoisotopic (exact) mass is 491 g/mol. The number of aromatic carboxylic acids is 1. The first-order valence-electron chi connectivity index (χ1n) is 12.9. The third-order valence-electron chi connectivity index (χ3n) is 6.70. The van der Waals surface area contributed by atoms with Gasteiger partial charge in [-0.2, -0.15) is 0 Å².